The van der Waals surface area contributed by atoms with E-state index < -0.39 is 0 Å². The fourth-order valence-electron chi connectivity index (χ4n) is 4.19. The van der Waals surface area contributed by atoms with Gasteiger partial charge >= 0.3 is 5.97 Å². The van der Waals surface area contributed by atoms with E-state index in [2.05, 4.69) is 26.0 Å². The number of carbonyl (C=O) groups is 1. The van der Waals surface area contributed by atoms with Crippen LogP contribution in [0.4, 0.5) is 0 Å². The maximum atomic E-state index is 12.6. The van der Waals surface area contributed by atoms with E-state index in [1.54, 1.807) is 12.1 Å². The molecule has 0 radical (unpaired) electrons. The normalized spacial score (nSPS) is 11.6. The number of ether oxygens (including phenoxy) is 2. The number of rotatable bonds is 11. The van der Waals surface area contributed by atoms with Gasteiger partial charge in [-0.3, -0.25) is 0 Å². The van der Waals surface area contributed by atoms with Gasteiger partial charge in [0.1, 0.15) is 11.5 Å². The van der Waals surface area contributed by atoms with Crippen molar-refractivity contribution in [3.8, 4) is 33.8 Å². The van der Waals surface area contributed by atoms with E-state index in [0.717, 1.165) is 34.4 Å². The molecule has 0 saturated heterocycles. The molecule has 0 N–H and O–H groups in total. The third kappa shape index (κ3) is 7.08. The molecule has 4 rings (SSSR count). The van der Waals surface area contributed by atoms with Crippen molar-refractivity contribution in [2.45, 2.75) is 52.1 Å². The van der Waals surface area contributed by atoms with Crippen molar-refractivity contribution in [2.75, 3.05) is 0 Å². The Kier molecular flexibility index (Phi) is 8.93. The second-order valence-corrected chi connectivity index (χ2v) is 9.16. The number of hydrogen-bond donors (Lipinski definition) is 0. The number of esters is 1. The van der Waals surface area contributed by atoms with E-state index in [-0.39, 0.29) is 12.1 Å². The van der Waals surface area contributed by atoms with Crippen LogP contribution in [0.2, 0.25) is 0 Å². The molecule has 1 atom stereocenters. The number of hydrogen-bond acceptors (Lipinski definition) is 3. The van der Waals surface area contributed by atoms with Gasteiger partial charge in [-0.05, 0) is 78.4 Å². The minimum absolute atomic E-state index is 0.219. The zero-order valence-electron chi connectivity index (χ0n) is 21.2. The van der Waals surface area contributed by atoms with Crippen LogP contribution in [0.15, 0.2) is 103 Å². The lowest BCUT2D eigenvalue weighted by atomic mass is 10.0. The van der Waals surface area contributed by atoms with Crippen molar-refractivity contribution in [3.05, 3.63) is 109 Å². The molecular weight excluding hydrogens is 444 g/mol. The molecule has 0 spiro atoms. The highest BCUT2D eigenvalue weighted by atomic mass is 16.5. The number of benzene rings is 4. The second-order valence-electron chi connectivity index (χ2n) is 9.16. The topological polar surface area (TPSA) is 35.5 Å². The number of carbonyl (C=O) groups excluding carboxylic acids is 1. The van der Waals surface area contributed by atoms with Gasteiger partial charge in [-0.2, -0.15) is 0 Å². The Labute approximate surface area is 214 Å². The Morgan fingerprint density at radius 3 is 1.75 bits per heavy atom. The van der Waals surface area contributed by atoms with Crippen molar-refractivity contribution in [1.29, 1.82) is 0 Å². The lowest BCUT2D eigenvalue weighted by Gasteiger charge is -2.15. The predicted molar refractivity (Wildman–Crippen MR) is 148 cm³/mol. The van der Waals surface area contributed by atoms with Crippen LogP contribution >= 0.6 is 0 Å². The van der Waals surface area contributed by atoms with Crippen molar-refractivity contribution in [3.63, 3.8) is 0 Å². The summed E-state index contributed by atoms with van der Waals surface area (Å²) in [6, 6.07) is 33.3. The smallest absolute Gasteiger partial charge is 0.343 e. The monoisotopic (exact) mass is 478 g/mol. The van der Waals surface area contributed by atoms with Gasteiger partial charge in [-0.25, -0.2) is 4.79 Å². The zero-order chi connectivity index (χ0) is 25.2. The lowest BCUT2D eigenvalue weighted by molar-refractivity contribution is 0.0735. The highest BCUT2D eigenvalue weighted by molar-refractivity contribution is 5.91. The maximum Gasteiger partial charge on any atom is 0.343 e. The third-order valence-electron chi connectivity index (χ3n) is 6.28. The standard InChI is InChI=1S/C33H34O3/c1-3-4-5-7-10-25(2)35-31-21-17-28(18-22-31)29-19-23-32(24-20-29)36-33(34)30-15-13-27(14-16-30)26-11-8-6-9-12-26/h6,8-9,11-25H,3-5,7,10H2,1-2H3/t25-/m1/s1. The van der Waals surface area contributed by atoms with Crippen molar-refractivity contribution < 1.29 is 14.3 Å². The highest BCUT2D eigenvalue weighted by Crippen LogP contribution is 2.26. The first-order valence-electron chi connectivity index (χ1n) is 12.9. The Morgan fingerprint density at radius 2 is 1.17 bits per heavy atom. The molecule has 184 valence electrons. The molecule has 0 amide bonds. The lowest BCUT2D eigenvalue weighted by Crippen LogP contribution is -2.11. The Morgan fingerprint density at radius 1 is 0.639 bits per heavy atom. The summed E-state index contributed by atoms with van der Waals surface area (Å²) in [5.41, 5.74) is 4.85. The van der Waals surface area contributed by atoms with Crippen LogP contribution in [0, 0.1) is 0 Å². The summed E-state index contributed by atoms with van der Waals surface area (Å²) in [5, 5.41) is 0. The quantitative estimate of drug-likeness (QED) is 0.123. The first-order valence-corrected chi connectivity index (χ1v) is 12.9. The predicted octanol–water partition coefficient (Wildman–Crippen LogP) is 8.98. The van der Waals surface area contributed by atoms with Gasteiger partial charge in [0.2, 0.25) is 0 Å². The van der Waals surface area contributed by atoms with E-state index in [1.165, 1.54) is 25.7 Å². The largest absolute Gasteiger partial charge is 0.491 e. The molecule has 4 aromatic rings. The van der Waals surface area contributed by atoms with Crippen LogP contribution in [0.1, 0.15) is 56.3 Å². The SMILES string of the molecule is CCCCCC[C@@H](C)Oc1ccc(-c2ccc(OC(=O)c3ccc(-c4ccccc4)cc3)cc2)cc1. The van der Waals surface area contributed by atoms with Crippen molar-refractivity contribution in [2.24, 2.45) is 0 Å². The highest BCUT2D eigenvalue weighted by Gasteiger charge is 2.10. The molecule has 0 heterocycles. The molecule has 0 fully saturated rings. The molecule has 0 aliphatic heterocycles. The van der Waals surface area contributed by atoms with Gasteiger partial charge in [0.05, 0.1) is 11.7 Å². The average Bonchev–Trinajstić information content (AvgIpc) is 2.93. The Hall–Kier alpha value is -3.85. The summed E-state index contributed by atoms with van der Waals surface area (Å²) in [6.45, 7) is 4.37. The molecule has 0 unspecified atom stereocenters. The van der Waals surface area contributed by atoms with Gasteiger partial charge in [-0.15, -0.1) is 0 Å². The van der Waals surface area contributed by atoms with Crippen LogP contribution < -0.4 is 9.47 Å². The Balaban J connectivity index is 1.31. The van der Waals surface area contributed by atoms with Gasteiger partial charge < -0.3 is 9.47 Å². The summed E-state index contributed by atoms with van der Waals surface area (Å²) >= 11 is 0. The van der Waals surface area contributed by atoms with E-state index in [9.17, 15) is 4.79 Å². The molecule has 4 aromatic carbocycles. The van der Waals surface area contributed by atoms with Gasteiger partial charge in [-0.1, -0.05) is 92.9 Å². The third-order valence-corrected chi connectivity index (χ3v) is 6.28. The minimum atomic E-state index is -0.368. The van der Waals surface area contributed by atoms with Crippen LogP contribution in [0.3, 0.4) is 0 Å². The molecule has 0 aromatic heterocycles. The summed E-state index contributed by atoms with van der Waals surface area (Å²) in [4.78, 5) is 12.6. The van der Waals surface area contributed by atoms with E-state index in [4.69, 9.17) is 9.47 Å². The summed E-state index contributed by atoms with van der Waals surface area (Å²) in [5.74, 6) is 1.05. The second kappa shape index (κ2) is 12.7. The van der Waals surface area contributed by atoms with E-state index >= 15 is 0 Å². The summed E-state index contributed by atoms with van der Waals surface area (Å²) < 4.78 is 11.7. The number of unbranched alkanes of at least 4 members (excludes halogenated alkanes) is 3. The van der Waals surface area contributed by atoms with E-state index in [0.29, 0.717) is 11.3 Å². The first-order chi connectivity index (χ1) is 17.6. The molecule has 0 bridgehead atoms. The molecule has 0 aliphatic carbocycles. The van der Waals surface area contributed by atoms with Crippen LogP contribution in [-0.4, -0.2) is 12.1 Å². The fraction of sp³-hybridized carbons (Fsp3) is 0.242. The van der Waals surface area contributed by atoms with Gasteiger partial charge in [0.15, 0.2) is 0 Å². The molecule has 0 saturated carbocycles. The molecule has 3 heteroatoms. The molecule has 3 nitrogen and oxygen atoms in total. The maximum absolute atomic E-state index is 12.6. The average molecular weight is 479 g/mol. The Bertz CT molecular complexity index is 1210. The van der Waals surface area contributed by atoms with Crippen molar-refractivity contribution in [1.82, 2.24) is 0 Å². The summed E-state index contributed by atoms with van der Waals surface area (Å²) in [7, 11) is 0. The minimum Gasteiger partial charge on any atom is -0.491 e. The van der Waals surface area contributed by atoms with Crippen LogP contribution in [0.5, 0.6) is 11.5 Å². The molecule has 36 heavy (non-hydrogen) atoms. The molecule has 0 aliphatic rings. The van der Waals surface area contributed by atoms with Crippen molar-refractivity contribution >= 4 is 5.97 Å². The zero-order valence-corrected chi connectivity index (χ0v) is 21.2. The van der Waals surface area contributed by atoms with Gasteiger partial charge in [0.25, 0.3) is 0 Å². The summed E-state index contributed by atoms with van der Waals surface area (Å²) in [6.07, 6.45) is 6.33. The molecular formula is C33H34O3. The first kappa shape index (κ1) is 25.2. The van der Waals surface area contributed by atoms with Crippen LogP contribution in [0.25, 0.3) is 22.3 Å². The fourth-order valence-corrected chi connectivity index (χ4v) is 4.19. The van der Waals surface area contributed by atoms with Crippen LogP contribution in [-0.2, 0) is 0 Å². The van der Waals surface area contributed by atoms with Gasteiger partial charge in [0, 0.05) is 0 Å². The van der Waals surface area contributed by atoms with E-state index in [1.807, 2.05) is 78.9 Å².